The number of likely N-dealkylation sites (N-methyl/N-ethyl adjacent to an activating group) is 1. The summed E-state index contributed by atoms with van der Waals surface area (Å²) in [6, 6.07) is 7.19. The number of anilines is 1. The van der Waals surface area contributed by atoms with Crippen LogP contribution in [0.3, 0.4) is 0 Å². The molecule has 0 saturated carbocycles. The van der Waals surface area contributed by atoms with E-state index in [9.17, 15) is 4.79 Å². The van der Waals surface area contributed by atoms with Gasteiger partial charge in [-0.15, -0.1) is 0 Å². The van der Waals surface area contributed by atoms with Crippen molar-refractivity contribution in [1.29, 1.82) is 0 Å². The molecule has 0 unspecified atom stereocenters. The summed E-state index contributed by atoms with van der Waals surface area (Å²) >= 11 is 5.98. The number of benzene rings is 1. The van der Waals surface area contributed by atoms with E-state index in [2.05, 4.69) is 15.3 Å². The minimum Gasteiger partial charge on any atom is -0.491 e. The third-order valence-electron chi connectivity index (χ3n) is 3.12. The largest absolute Gasteiger partial charge is 0.491 e. The second kappa shape index (κ2) is 8.55. The van der Waals surface area contributed by atoms with Gasteiger partial charge in [-0.3, -0.25) is 9.48 Å². The molecule has 0 spiro atoms. The fourth-order valence-electron chi connectivity index (χ4n) is 1.89. The molecule has 1 aromatic carbocycles. The molecule has 0 saturated heterocycles. The maximum atomic E-state index is 11.9. The van der Waals surface area contributed by atoms with Crippen molar-refractivity contribution >= 4 is 23.2 Å². The summed E-state index contributed by atoms with van der Waals surface area (Å²) in [6.45, 7) is 1.93. The van der Waals surface area contributed by atoms with Crippen molar-refractivity contribution in [3.63, 3.8) is 0 Å². The number of amides is 1. The molecule has 6 nitrogen and oxygen atoms in total. The molecular weight excluding hydrogens is 316 g/mol. The van der Waals surface area contributed by atoms with Gasteiger partial charge in [-0.2, -0.15) is 5.10 Å². The van der Waals surface area contributed by atoms with Gasteiger partial charge in [0.05, 0.1) is 36.5 Å². The average Bonchev–Trinajstić information content (AvgIpc) is 2.94. The van der Waals surface area contributed by atoms with Crippen molar-refractivity contribution in [1.82, 2.24) is 14.7 Å². The number of carbonyl (C=O) groups is 1. The molecule has 0 aliphatic heterocycles. The number of nitrogens with zero attached hydrogens (tertiary/aromatic N) is 3. The molecule has 0 atom stereocenters. The Morgan fingerprint density at radius 2 is 2.17 bits per heavy atom. The van der Waals surface area contributed by atoms with Gasteiger partial charge in [0.15, 0.2) is 0 Å². The van der Waals surface area contributed by atoms with E-state index in [0.29, 0.717) is 16.5 Å². The van der Waals surface area contributed by atoms with Gasteiger partial charge in [0.1, 0.15) is 5.75 Å². The lowest BCUT2D eigenvalue weighted by molar-refractivity contribution is -0.116. The quantitative estimate of drug-likeness (QED) is 0.804. The van der Waals surface area contributed by atoms with Gasteiger partial charge in [-0.25, -0.2) is 0 Å². The van der Waals surface area contributed by atoms with Crippen LogP contribution in [0, 0.1) is 0 Å². The molecule has 0 aliphatic carbocycles. The molecule has 2 aromatic rings. The SMILES string of the molecule is CN(C)CCn1cc(NC(=O)CCOc2ccccc2Cl)cn1. The monoisotopic (exact) mass is 336 g/mol. The standard InChI is InChI=1S/C16H21ClN4O2/c1-20(2)8-9-21-12-13(11-18-21)19-16(22)7-10-23-15-6-4-3-5-14(15)17/h3-6,11-12H,7-10H2,1-2H3,(H,19,22). The van der Waals surface area contributed by atoms with Crippen LogP contribution in [0.15, 0.2) is 36.7 Å². The van der Waals surface area contributed by atoms with Crippen LogP contribution in [0.4, 0.5) is 5.69 Å². The lowest BCUT2D eigenvalue weighted by atomic mass is 10.3. The average molecular weight is 337 g/mol. The predicted molar refractivity (Wildman–Crippen MR) is 91.0 cm³/mol. The van der Waals surface area contributed by atoms with Crippen molar-refractivity contribution in [2.75, 3.05) is 32.6 Å². The molecule has 1 heterocycles. The van der Waals surface area contributed by atoms with Crippen LogP contribution in [0.5, 0.6) is 5.75 Å². The fourth-order valence-corrected chi connectivity index (χ4v) is 2.08. The van der Waals surface area contributed by atoms with E-state index >= 15 is 0 Å². The number of rotatable bonds is 8. The first-order valence-corrected chi connectivity index (χ1v) is 7.77. The van der Waals surface area contributed by atoms with Crippen LogP contribution in [0.25, 0.3) is 0 Å². The molecule has 1 aromatic heterocycles. The Kier molecular flexibility index (Phi) is 6.43. The zero-order valence-electron chi connectivity index (χ0n) is 13.3. The fraction of sp³-hybridized carbons (Fsp3) is 0.375. The van der Waals surface area contributed by atoms with Gasteiger partial charge in [0.2, 0.25) is 5.91 Å². The molecular formula is C16H21ClN4O2. The van der Waals surface area contributed by atoms with Gasteiger partial charge < -0.3 is 15.0 Å². The Morgan fingerprint density at radius 3 is 2.91 bits per heavy atom. The number of para-hydroxylation sites is 1. The third kappa shape index (κ3) is 5.92. The van der Waals surface area contributed by atoms with E-state index in [-0.39, 0.29) is 18.9 Å². The lowest BCUT2D eigenvalue weighted by Crippen LogP contribution is -2.18. The molecule has 0 bridgehead atoms. The van der Waals surface area contributed by atoms with Gasteiger partial charge in [-0.1, -0.05) is 23.7 Å². The van der Waals surface area contributed by atoms with Crippen LogP contribution < -0.4 is 10.1 Å². The van der Waals surface area contributed by atoms with Crippen molar-refractivity contribution in [3.8, 4) is 5.75 Å². The van der Waals surface area contributed by atoms with Gasteiger partial charge in [0.25, 0.3) is 0 Å². The Hall–Kier alpha value is -2.05. The summed E-state index contributed by atoms with van der Waals surface area (Å²) in [7, 11) is 4.01. The van der Waals surface area contributed by atoms with Gasteiger partial charge in [-0.05, 0) is 26.2 Å². The highest BCUT2D eigenvalue weighted by molar-refractivity contribution is 6.32. The van der Waals surface area contributed by atoms with Gasteiger partial charge >= 0.3 is 0 Å². The van der Waals surface area contributed by atoms with E-state index in [4.69, 9.17) is 16.3 Å². The van der Waals surface area contributed by atoms with Crippen molar-refractivity contribution in [3.05, 3.63) is 41.7 Å². The summed E-state index contributed by atoms with van der Waals surface area (Å²) in [4.78, 5) is 14.0. The summed E-state index contributed by atoms with van der Waals surface area (Å²) in [5.41, 5.74) is 0.687. The highest BCUT2D eigenvalue weighted by Crippen LogP contribution is 2.23. The Balaban J connectivity index is 1.73. The molecule has 2 rings (SSSR count). The summed E-state index contributed by atoms with van der Waals surface area (Å²) in [5, 5.41) is 7.55. The van der Waals surface area contributed by atoms with Crippen LogP contribution in [0.1, 0.15) is 6.42 Å². The molecule has 0 radical (unpaired) electrons. The molecule has 0 aliphatic rings. The first-order valence-electron chi connectivity index (χ1n) is 7.39. The number of hydrogen-bond donors (Lipinski definition) is 1. The Bertz CT molecular complexity index is 643. The number of ether oxygens (including phenoxy) is 1. The van der Waals surface area contributed by atoms with Crippen LogP contribution >= 0.6 is 11.6 Å². The van der Waals surface area contributed by atoms with Crippen LogP contribution in [0.2, 0.25) is 5.02 Å². The molecule has 124 valence electrons. The summed E-state index contributed by atoms with van der Waals surface area (Å²) < 4.78 is 7.30. The zero-order chi connectivity index (χ0) is 16.7. The van der Waals surface area contributed by atoms with Crippen molar-refractivity contribution in [2.24, 2.45) is 0 Å². The van der Waals surface area contributed by atoms with E-state index in [1.165, 1.54) is 0 Å². The summed E-state index contributed by atoms with van der Waals surface area (Å²) in [6.07, 6.45) is 3.70. The van der Waals surface area contributed by atoms with Crippen molar-refractivity contribution in [2.45, 2.75) is 13.0 Å². The smallest absolute Gasteiger partial charge is 0.227 e. The molecule has 23 heavy (non-hydrogen) atoms. The zero-order valence-corrected chi connectivity index (χ0v) is 14.1. The van der Waals surface area contributed by atoms with E-state index in [0.717, 1.165) is 13.1 Å². The Morgan fingerprint density at radius 1 is 1.39 bits per heavy atom. The number of hydrogen-bond acceptors (Lipinski definition) is 4. The normalized spacial score (nSPS) is 10.8. The Labute approximate surface area is 141 Å². The maximum Gasteiger partial charge on any atom is 0.227 e. The third-order valence-corrected chi connectivity index (χ3v) is 3.43. The van der Waals surface area contributed by atoms with E-state index in [1.807, 2.05) is 32.4 Å². The highest BCUT2D eigenvalue weighted by Gasteiger charge is 2.06. The number of halogens is 1. The maximum absolute atomic E-state index is 11.9. The minimum absolute atomic E-state index is 0.121. The first-order chi connectivity index (χ1) is 11.0. The second-order valence-corrected chi connectivity index (χ2v) is 5.78. The molecule has 0 fully saturated rings. The van der Waals surface area contributed by atoms with Crippen molar-refractivity contribution < 1.29 is 9.53 Å². The molecule has 1 N–H and O–H groups in total. The lowest BCUT2D eigenvalue weighted by Gasteiger charge is -2.08. The van der Waals surface area contributed by atoms with Crippen LogP contribution in [-0.2, 0) is 11.3 Å². The predicted octanol–water partition coefficient (Wildman–Crippen LogP) is 2.51. The number of nitrogens with one attached hydrogen (secondary N) is 1. The number of carbonyl (C=O) groups excluding carboxylic acids is 1. The van der Waals surface area contributed by atoms with Crippen LogP contribution in [-0.4, -0.2) is 47.8 Å². The summed E-state index contributed by atoms with van der Waals surface area (Å²) in [5.74, 6) is 0.461. The highest BCUT2D eigenvalue weighted by atomic mass is 35.5. The minimum atomic E-state index is -0.121. The van der Waals surface area contributed by atoms with E-state index in [1.54, 1.807) is 23.0 Å². The second-order valence-electron chi connectivity index (χ2n) is 5.37. The molecule has 7 heteroatoms. The van der Waals surface area contributed by atoms with Gasteiger partial charge in [0, 0.05) is 12.7 Å². The number of aromatic nitrogens is 2. The molecule has 1 amide bonds. The van der Waals surface area contributed by atoms with E-state index < -0.39 is 0 Å². The topological polar surface area (TPSA) is 59.4 Å². The first kappa shape index (κ1) is 17.3.